The van der Waals surface area contributed by atoms with E-state index >= 15 is 0 Å². The maximum atomic E-state index is 9.61. The molecule has 0 radical (unpaired) electrons. The van der Waals surface area contributed by atoms with Crippen LogP contribution in [0.1, 0.15) is 34.5 Å². The van der Waals surface area contributed by atoms with Crippen LogP contribution in [0.4, 0.5) is 0 Å². The molecule has 2 aromatic carbocycles. The van der Waals surface area contributed by atoms with E-state index in [4.69, 9.17) is 4.74 Å². The lowest BCUT2D eigenvalue weighted by atomic mass is 9.82. The average molecular weight is 254 g/mol. The van der Waals surface area contributed by atoms with Crippen LogP contribution < -0.4 is 0 Å². The first kappa shape index (κ1) is 10.9. The summed E-state index contributed by atoms with van der Waals surface area (Å²) in [5, 5.41) is 19.2. The van der Waals surface area contributed by atoms with E-state index in [0.717, 1.165) is 24.0 Å². The van der Waals surface area contributed by atoms with E-state index in [1.165, 1.54) is 11.1 Å². The van der Waals surface area contributed by atoms with Crippen molar-refractivity contribution in [1.82, 2.24) is 0 Å². The maximum Gasteiger partial charge on any atom is 0.115 e. The van der Waals surface area contributed by atoms with Gasteiger partial charge in [0.15, 0.2) is 0 Å². The number of benzene rings is 2. The van der Waals surface area contributed by atoms with Crippen LogP contribution >= 0.6 is 0 Å². The van der Waals surface area contributed by atoms with Gasteiger partial charge in [-0.2, -0.15) is 0 Å². The van der Waals surface area contributed by atoms with Gasteiger partial charge in [0, 0.05) is 12.8 Å². The van der Waals surface area contributed by atoms with Gasteiger partial charge in [0.05, 0.1) is 12.2 Å². The van der Waals surface area contributed by atoms with Gasteiger partial charge >= 0.3 is 0 Å². The highest BCUT2D eigenvalue weighted by atomic mass is 16.5. The van der Waals surface area contributed by atoms with Crippen molar-refractivity contribution in [3.63, 3.8) is 0 Å². The van der Waals surface area contributed by atoms with Crippen molar-refractivity contribution in [2.45, 2.75) is 25.0 Å². The zero-order valence-electron chi connectivity index (χ0n) is 10.3. The third-order valence-electron chi connectivity index (χ3n) is 4.09. The average Bonchev–Trinajstić information content (AvgIpc) is 2.37. The highest BCUT2D eigenvalue weighted by Gasteiger charge is 2.34. The molecule has 2 bridgehead atoms. The Bertz CT molecular complexity index is 606. The summed E-state index contributed by atoms with van der Waals surface area (Å²) >= 11 is 0. The maximum absolute atomic E-state index is 9.61. The molecule has 2 atom stereocenters. The molecule has 0 saturated heterocycles. The predicted molar refractivity (Wildman–Crippen MR) is 70.2 cm³/mol. The molecule has 4 rings (SSSR count). The Hall–Kier alpha value is -2.00. The van der Waals surface area contributed by atoms with Crippen molar-refractivity contribution < 1.29 is 14.9 Å². The van der Waals surface area contributed by atoms with Crippen molar-refractivity contribution in [2.24, 2.45) is 0 Å². The third kappa shape index (κ3) is 1.62. The summed E-state index contributed by atoms with van der Waals surface area (Å²) in [7, 11) is 0. The molecule has 0 amide bonds. The Morgan fingerprint density at radius 1 is 0.789 bits per heavy atom. The van der Waals surface area contributed by atoms with Gasteiger partial charge in [0.25, 0.3) is 0 Å². The van der Waals surface area contributed by atoms with Crippen LogP contribution in [0, 0.1) is 0 Å². The second-order valence-corrected chi connectivity index (χ2v) is 5.29. The fourth-order valence-corrected chi connectivity index (χ4v) is 3.23. The molecule has 2 aliphatic heterocycles. The normalized spacial score (nSPS) is 23.6. The Balaban J connectivity index is 1.83. The molecule has 0 aliphatic carbocycles. The highest BCUT2D eigenvalue weighted by Crippen LogP contribution is 2.45. The largest absolute Gasteiger partial charge is 0.508 e. The third-order valence-corrected chi connectivity index (χ3v) is 4.09. The number of phenols is 2. The summed E-state index contributed by atoms with van der Waals surface area (Å²) in [5.74, 6) is 0.620. The molecule has 0 aromatic heterocycles. The van der Waals surface area contributed by atoms with E-state index in [-0.39, 0.29) is 12.2 Å². The summed E-state index contributed by atoms with van der Waals surface area (Å²) < 4.78 is 6.09. The van der Waals surface area contributed by atoms with Gasteiger partial charge in [-0.05, 0) is 46.5 Å². The molecule has 2 aromatic rings. The molecule has 96 valence electrons. The molecular weight excluding hydrogens is 240 g/mol. The standard InChI is InChI=1S/C16H14O3/c17-11-1-3-13-9(5-11)7-16-14-4-2-12(18)6-10(14)8-15(13)19-16/h1-6,15-18H,7-8H2/t15-,16-/m0/s1. The molecule has 19 heavy (non-hydrogen) atoms. The lowest BCUT2D eigenvalue weighted by Gasteiger charge is -2.38. The van der Waals surface area contributed by atoms with Crippen LogP contribution in [0.2, 0.25) is 0 Å². The first-order valence-corrected chi connectivity index (χ1v) is 6.50. The number of aromatic hydroxyl groups is 2. The van der Waals surface area contributed by atoms with Crippen LogP contribution in [0.3, 0.4) is 0 Å². The Kier molecular flexibility index (Phi) is 2.15. The van der Waals surface area contributed by atoms with E-state index in [0.29, 0.717) is 11.5 Å². The van der Waals surface area contributed by atoms with E-state index in [2.05, 4.69) is 0 Å². The summed E-state index contributed by atoms with van der Waals surface area (Å²) in [4.78, 5) is 0. The first-order valence-electron chi connectivity index (χ1n) is 6.50. The van der Waals surface area contributed by atoms with E-state index in [1.807, 2.05) is 24.3 Å². The van der Waals surface area contributed by atoms with Crippen molar-refractivity contribution in [3.05, 3.63) is 58.7 Å². The molecule has 0 spiro atoms. The summed E-state index contributed by atoms with van der Waals surface area (Å²) in [6.07, 6.45) is 1.61. The fourth-order valence-electron chi connectivity index (χ4n) is 3.23. The second-order valence-electron chi connectivity index (χ2n) is 5.29. The summed E-state index contributed by atoms with van der Waals surface area (Å²) in [5.41, 5.74) is 4.64. The fraction of sp³-hybridized carbons (Fsp3) is 0.250. The van der Waals surface area contributed by atoms with E-state index in [1.54, 1.807) is 12.1 Å². The van der Waals surface area contributed by atoms with Gasteiger partial charge < -0.3 is 14.9 Å². The van der Waals surface area contributed by atoms with Crippen LogP contribution in [0.5, 0.6) is 11.5 Å². The van der Waals surface area contributed by atoms with Crippen LogP contribution in [-0.2, 0) is 17.6 Å². The molecular formula is C16H14O3. The molecule has 0 unspecified atom stereocenters. The molecule has 3 nitrogen and oxygen atoms in total. The molecule has 0 fully saturated rings. The topological polar surface area (TPSA) is 49.7 Å². The number of phenolic OH excluding ortho intramolecular Hbond substituents is 2. The molecule has 2 N–H and O–H groups in total. The van der Waals surface area contributed by atoms with Crippen molar-refractivity contribution in [1.29, 1.82) is 0 Å². The summed E-state index contributed by atoms with van der Waals surface area (Å²) in [6, 6.07) is 11.0. The van der Waals surface area contributed by atoms with Crippen LogP contribution in [0.25, 0.3) is 0 Å². The van der Waals surface area contributed by atoms with Crippen molar-refractivity contribution in [3.8, 4) is 11.5 Å². The number of hydrogen-bond donors (Lipinski definition) is 2. The van der Waals surface area contributed by atoms with Gasteiger partial charge in [-0.25, -0.2) is 0 Å². The molecule has 3 heteroatoms. The number of rotatable bonds is 0. The Morgan fingerprint density at radius 3 is 1.74 bits per heavy atom. The molecule has 2 heterocycles. The van der Waals surface area contributed by atoms with Crippen LogP contribution in [0.15, 0.2) is 36.4 Å². The van der Waals surface area contributed by atoms with Gasteiger partial charge in [-0.3, -0.25) is 0 Å². The minimum atomic E-state index is 0.0312. The van der Waals surface area contributed by atoms with Crippen molar-refractivity contribution in [2.75, 3.05) is 0 Å². The van der Waals surface area contributed by atoms with Crippen LogP contribution in [-0.4, -0.2) is 10.2 Å². The predicted octanol–water partition coefficient (Wildman–Crippen LogP) is 3.01. The van der Waals surface area contributed by atoms with E-state index in [9.17, 15) is 10.2 Å². The lowest BCUT2D eigenvalue weighted by Crippen LogP contribution is -2.27. The quantitative estimate of drug-likeness (QED) is 0.759. The zero-order valence-corrected chi connectivity index (χ0v) is 10.3. The lowest BCUT2D eigenvalue weighted by molar-refractivity contribution is -0.0393. The molecule has 2 aliphatic rings. The monoisotopic (exact) mass is 254 g/mol. The minimum Gasteiger partial charge on any atom is -0.508 e. The molecule has 0 saturated carbocycles. The van der Waals surface area contributed by atoms with Gasteiger partial charge in [0.1, 0.15) is 11.5 Å². The van der Waals surface area contributed by atoms with E-state index < -0.39 is 0 Å². The number of hydrogen-bond acceptors (Lipinski definition) is 3. The van der Waals surface area contributed by atoms with Gasteiger partial charge in [0.2, 0.25) is 0 Å². The van der Waals surface area contributed by atoms with Gasteiger partial charge in [-0.1, -0.05) is 12.1 Å². The zero-order chi connectivity index (χ0) is 13.0. The second kappa shape index (κ2) is 3.75. The Labute approximate surface area is 111 Å². The highest BCUT2D eigenvalue weighted by molar-refractivity contribution is 5.45. The summed E-state index contributed by atoms with van der Waals surface area (Å²) in [6.45, 7) is 0. The number of fused-ring (bicyclic) bond motifs is 6. The number of ether oxygens (including phenoxy) is 1. The first-order chi connectivity index (χ1) is 9.20. The van der Waals surface area contributed by atoms with Gasteiger partial charge in [-0.15, -0.1) is 0 Å². The SMILES string of the molecule is Oc1ccc2c(c1)C[C@@H]1O[C@H]2Cc2cc(O)ccc21. The smallest absolute Gasteiger partial charge is 0.115 e. The minimum absolute atomic E-state index is 0.0312. The van der Waals surface area contributed by atoms with Crippen molar-refractivity contribution >= 4 is 0 Å². The Morgan fingerprint density at radius 2 is 1.26 bits per heavy atom.